The zero-order valence-corrected chi connectivity index (χ0v) is 9.97. The number of nitrogens with two attached hydrogens (primary N) is 1. The summed E-state index contributed by atoms with van der Waals surface area (Å²) >= 11 is 1.67. The van der Waals surface area contributed by atoms with E-state index in [1.807, 2.05) is 6.07 Å². The van der Waals surface area contributed by atoms with Crippen molar-refractivity contribution in [2.24, 2.45) is 0 Å². The van der Waals surface area contributed by atoms with Crippen LogP contribution in [0.2, 0.25) is 0 Å². The van der Waals surface area contributed by atoms with Crippen LogP contribution in [0.15, 0.2) is 24.3 Å². The Morgan fingerprint density at radius 2 is 2.12 bits per heavy atom. The van der Waals surface area contributed by atoms with Gasteiger partial charge in [0, 0.05) is 11.9 Å². The van der Waals surface area contributed by atoms with Crippen LogP contribution in [0.3, 0.4) is 0 Å². The third-order valence-electron chi connectivity index (χ3n) is 2.71. The fourth-order valence-corrected chi connectivity index (χ4v) is 3.08. The minimum Gasteiger partial charge on any atom is -0.395 e. The van der Waals surface area contributed by atoms with Crippen molar-refractivity contribution in [2.75, 3.05) is 24.2 Å². The molecule has 1 aromatic carbocycles. The first-order valence-electron chi connectivity index (χ1n) is 5.43. The summed E-state index contributed by atoms with van der Waals surface area (Å²) in [6, 6.07) is 8.18. The minimum absolute atomic E-state index is 0.138. The number of benzene rings is 1. The molecule has 0 bridgehead atoms. The first kappa shape index (κ1) is 10.4. The summed E-state index contributed by atoms with van der Waals surface area (Å²) in [4.78, 5) is 3.18. The fraction of sp³-hybridized carbons (Fsp3) is 0.167. The van der Waals surface area contributed by atoms with Crippen molar-refractivity contribution in [1.29, 1.82) is 0 Å². The Bertz CT molecular complexity index is 671. The van der Waals surface area contributed by atoms with Crippen LogP contribution in [-0.4, -0.2) is 23.2 Å². The quantitative estimate of drug-likeness (QED) is 0.574. The third-order valence-corrected chi connectivity index (χ3v) is 3.84. The number of nitrogen functional groups attached to an aromatic ring is 1. The number of H-pyrrole nitrogens is 1. The number of nitrogens with one attached hydrogen (secondary N) is 2. The summed E-state index contributed by atoms with van der Waals surface area (Å²) < 4.78 is 1.19. The summed E-state index contributed by atoms with van der Waals surface area (Å²) in [6.07, 6.45) is 0. The number of hydrogen-bond donors (Lipinski definition) is 4. The van der Waals surface area contributed by atoms with Gasteiger partial charge in [-0.15, -0.1) is 11.3 Å². The fourth-order valence-electron chi connectivity index (χ4n) is 1.98. The molecule has 0 unspecified atom stereocenters. The van der Waals surface area contributed by atoms with Crippen molar-refractivity contribution in [1.82, 2.24) is 4.98 Å². The van der Waals surface area contributed by atoms with Crippen LogP contribution < -0.4 is 11.1 Å². The molecule has 0 radical (unpaired) electrons. The molecule has 0 saturated carbocycles. The van der Waals surface area contributed by atoms with Crippen molar-refractivity contribution in [3.63, 3.8) is 0 Å². The van der Waals surface area contributed by atoms with E-state index in [0.29, 0.717) is 12.4 Å². The number of aliphatic hydroxyl groups excluding tert-OH is 1. The third kappa shape index (κ3) is 1.73. The molecule has 4 nitrogen and oxygen atoms in total. The molecular formula is C12H13N3OS. The number of hydrogen-bond acceptors (Lipinski definition) is 4. The smallest absolute Gasteiger partial charge is 0.101 e. The monoisotopic (exact) mass is 247 g/mol. The summed E-state index contributed by atoms with van der Waals surface area (Å²) in [6.45, 7) is 0.710. The lowest BCUT2D eigenvalue weighted by Crippen LogP contribution is -2.03. The van der Waals surface area contributed by atoms with Gasteiger partial charge in [-0.25, -0.2) is 0 Å². The van der Waals surface area contributed by atoms with Gasteiger partial charge in [0.25, 0.3) is 0 Å². The topological polar surface area (TPSA) is 74.1 Å². The molecule has 0 aliphatic rings. The van der Waals surface area contributed by atoms with Gasteiger partial charge in [0.15, 0.2) is 0 Å². The molecule has 5 N–H and O–H groups in total. The van der Waals surface area contributed by atoms with Gasteiger partial charge >= 0.3 is 0 Å². The van der Waals surface area contributed by atoms with Gasteiger partial charge in [0.05, 0.1) is 21.8 Å². The van der Waals surface area contributed by atoms with E-state index in [1.54, 1.807) is 11.3 Å². The van der Waals surface area contributed by atoms with Crippen LogP contribution in [0.4, 0.5) is 10.8 Å². The molecule has 0 amide bonds. The van der Waals surface area contributed by atoms with Crippen molar-refractivity contribution < 1.29 is 5.11 Å². The molecule has 0 spiro atoms. The zero-order valence-electron chi connectivity index (χ0n) is 9.16. The standard InChI is InChI=1S/C12H13N3OS/c13-9-5-7-1-2-8-6-10(14-3-4-16)17-12(8)11(7)15-9/h1-2,5-6,14-16H,3-4,13H2. The van der Waals surface area contributed by atoms with E-state index >= 15 is 0 Å². The Hall–Kier alpha value is -1.72. The van der Waals surface area contributed by atoms with Crippen LogP contribution in [0, 0.1) is 0 Å². The van der Waals surface area contributed by atoms with Gasteiger partial charge in [-0.1, -0.05) is 12.1 Å². The average Bonchev–Trinajstić information content (AvgIpc) is 2.87. The zero-order chi connectivity index (χ0) is 11.8. The Morgan fingerprint density at radius 3 is 2.94 bits per heavy atom. The number of rotatable bonds is 3. The van der Waals surface area contributed by atoms with Crippen molar-refractivity contribution >= 4 is 43.1 Å². The molecule has 3 rings (SSSR count). The lowest BCUT2D eigenvalue weighted by molar-refractivity contribution is 0.311. The number of thiophene rings is 1. The van der Waals surface area contributed by atoms with Gasteiger partial charge in [-0.2, -0.15) is 0 Å². The van der Waals surface area contributed by atoms with E-state index in [1.165, 1.54) is 10.1 Å². The van der Waals surface area contributed by atoms with E-state index in [2.05, 4.69) is 28.5 Å². The number of aromatic amines is 1. The molecule has 0 aliphatic carbocycles. The van der Waals surface area contributed by atoms with Crippen LogP contribution in [0.25, 0.3) is 21.0 Å². The van der Waals surface area contributed by atoms with Crippen LogP contribution >= 0.6 is 11.3 Å². The highest BCUT2D eigenvalue weighted by atomic mass is 32.1. The normalized spacial score (nSPS) is 11.4. The van der Waals surface area contributed by atoms with Gasteiger partial charge in [0.1, 0.15) is 5.82 Å². The summed E-state index contributed by atoms with van der Waals surface area (Å²) in [5, 5.41) is 15.4. The molecule has 88 valence electrons. The van der Waals surface area contributed by atoms with Gasteiger partial charge in [0.2, 0.25) is 0 Å². The van der Waals surface area contributed by atoms with Crippen LogP contribution in [0.5, 0.6) is 0 Å². The molecule has 17 heavy (non-hydrogen) atoms. The molecular weight excluding hydrogens is 234 g/mol. The average molecular weight is 247 g/mol. The first-order chi connectivity index (χ1) is 8.28. The van der Waals surface area contributed by atoms with Crippen molar-refractivity contribution in [3.8, 4) is 0 Å². The van der Waals surface area contributed by atoms with E-state index in [0.717, 1.165) is 15.9 Å². The predicted molar refractivity (Wildman–Crippen MR) is 73.7 cm³/mol. The highest BCUT2D eigenvalue weighted by molar-refractivity contribution is 7.23. The van der Waals surface area contributed by atoms with E-state index < -0.39 is 0 Å². The molecule has 0 fully saturated rings. The van der Waals surface area contributed by atoms with Gasteiger partial charge in [-0.3, -0.25) is 0 Å². The van der Waals surface area contributed by atoms with Crippen LogP contribution in [-0.2, 0) is 0 Å². The first-order valence-corrected chi connectivity index (χ1v) is 6.25. The lowest BCUT2D eigenvalue weighted by atomic mass is 10.2. The van der Waals surface area contributed by atoms with Crippen LogP contribution in [0.1, 0.15) is 0 Å². The Kier molecular flexibility index (Phi) is 2.42. The maximum Gasteiger partial charge on any atom is 0.101 e. The Morgan fingerprint density at radius 1 is 1.29 bits per heavy atom. The maximum absolute atomic E-state index is 8.80. The molecule has 0 atom stereocenters. The van der Waals surface area contributed by atoms with E-state index in [-0.39, 0.29) is 6.61 Å². The maximum atomic E-state index is 8.80. The van der Waals surface area contributed by atoms with Crippen molar-refractivity contribution in [3.05, 3.63) is 24.3 Å². The SMILES string of the molecule is Nc1cc2ccc3cc(NCCO)sc3c2[nH]1. The highest BCUT2D eigenvalue weighted by Crippen LogP contribution is 2.35. The van der Waals surface area contributed by atoms with E-state index in [4.69, 9.17) is 10.8 Å². The number of anilines is 2. The number of aromatic nitrogens is 1. The number of fused-ring (bicyclic) bond motifs is 3. The van der Waals surface area contributed by atoms with Crippen molar-refractivity contribution in [2.45, 2.75) is 0 Å². The molecule has 5 heteroatoms. The lowest BCUT2D eigenvalue weighted by Gasteiger charge is -1.97. The second-order valence-electron chi connectivity index (χ2n) is 3.93. The summed E-state index contributed by atoms with van der Waals surface area (Å²) in [7, 11) is 0. The molecule has 3 aromatic rings. The Labute approximate surface area is 102 Å². The second-order valence-corrected chi connectivity index (χ2v) is 4.99. The van der Waals surface area contributed by atoms with E-state index in [9.17, 15) is 0 Å². The highest BCUT2D eigenvalue weighted by Gasteiger charge is 2.07. The minimum atomic E-state index is 0.138. The predicted octanol–water partition coefficient (Wildman–Crippen LogP) is 2.37. The molecule has 0 saturated heterocycles. The molecule has 2 heterocycles. The largest absolute Gasteiger partial charge is 0.395 e. The van der Waals surface area contributed by atoms with Gasteiger partial charge < -0.3 is 21.1 Å². The van der Waals surface area contributed by atoms with Gasteiger partial charge in [-0.05, 0) is 17.5 Å². The summed E-state index contributed by atoms with van der Waals surface area (Å²) in [5.74, 6) is 0.686. The second kappa shape index (κ2) is 3.94. The molecule has 2 aromatic heterocycles. The summed E-state index contributed by atoms with van der Waals surface area (Å²) in [5.41, 5.74) is 6.85. The Balaban J connectivity index is 2.16. The molecule has 0 aliphatic heterocycles. The number of aliphatic hydroxyl groups is 1.